The minimum atomic E-state index is -2.84. The van der Waals surface area contributed by atoms with E-state index in [0.29, 0.717) is 6.54 Å². The van der Waals surface area contributed by atoms with Crippen molar-refractivity contribution in [1.29, 1.82) is 0 Å². The number of rotatable bonds is 5. The van der Waals surface area contributed by atoms with E-state index in [1.165, 1.54) is 11.8 Å². The Kier molecular flexibility index (Phi) is 4.96. The summed E-state index contributed by atoms with van der Waals surface area (Å²) >= 11 is 0. The smallest absolute Gasteiger partial charge is 0.148 e. The number of nitrogens with zero attached hydrogens (tertiary/aromatic N) is 2. The van der Waals surface area contributed by atoms with Gasteiger partial charge >= 0.3 is 0 Å². The monoisotopic (exact) mass is 282 g/mol. The molecule has 0 N–H and O–H groups in total. The summed E-state index contributed by atoms with van der Waals surface area (Å²) in [7, 11) is -2.84. The maximum absolute atomic E-state index is 11.1. The van der Waals surface area contributed by atoms with Crippen LogP contribution in [0.2, 0.25) is 0 Å². The third-order valence-corrected chi connectivity index (χ3v) is 4.42. The standard InChI is InChI=1S/C14H22N2O2S/c1-19(17,18)12-11-15-7-9-16(10-8-15)13-14-5-3-2-4-6-14/h2-6H,7-13H2,1H3. The maximum Gasteiger partial charge on any atom is 0.148 e. The second-order valence-electron chi connectivity index (χ2n) is 5.23. The quantitative estimate of drug-likeness (QED) is 0.803. The first-order chi connectivity index (χ1) is 9.03. The number of hydrogen-bond acceptors (Lipinski definition) is 4. The Hall–Kier alpha value is -0.910. The minimum Gasteiger partial charge on any atom is -0.300 e. The van der Waals surface area contributed by atoms with Gasteiger partial charge in [0.15, 0.2) is 0 Å². The first-order valence-electron chi connectivity index (χ1n) is 6.69. The lowest BCUT2D eigenvalue weighted by Crippen LogP contribution is -2.47. The lowest BCUT2D eigenvalue weighted by Gasteiger charge is -2.34. The molecule has 1 aromatic rings. The zero-order valence-corrected chi connectivity index (χ0v) is 12.3. The first kappa shape index (κ1) is 14.5. The summed E-state index contributed by atoms with van der Waals surface area (Å²) in [4.78, 5) is 4.66. The lowest BCUT2D eigenvalue weighted by atomic mass is 10.2. The molecule has 19 heavy (non-hydrogen) atoms. The Bertz CT molecular complexity index is 479. The van der Waals surface area contributed by atoms with Gasteiger partial charge in [-0.3, -0.25) is 9.80 Å². The van der Waals surface area contributed by atoms with Crippen molar-refractivity contribution in [2.75, 3.05) is 44.7 Å². The minimum absolute atomic E-state index is 0.270. The molecule has 1 fully saturated rings. The number of sulfone groups is 1. The highest BCUT2D eigenvalue weighted by Crippen LogP contribution is 2.08. The van der Waals surface area contributed by atoms with E-state index in [0.717, 1.165) is 32.7 Å². The molecule has 0 spiro atoms. The SMILES string of the molecule is CS(=O)(=O)CCN1CCN(Cc2ccccc2)CC1. The molecule has 0 aliphatic carbocycles. The van der Waals surface area contributed by atoms with Gasteiger partial charge in [0.2, 0.25) is 0 Å². The summed E-state index contributed by atoms with van der Waals surface area (Å²) in [5.74, 6) is 0.270. The van der Waals surface area contributed by atoms with Gasteiger partial charge in [-0.1, -0.05) is 30.3 Å². The van der Waals surface area contributed by atoms with Crippen LogP contribution < -0.4 is 0 Å². The molecule has 0 bridgehead atoms. The normalized spacial score (nSPS) is 18.6. The van der Waals surface area contributed by atoms with Gasteiger partial charge in [0, 0.05) is 45.5 Å². The highest BCUT2D eigenvalue weighted by Gasteiger charge is 2.17. The van der Waals surface area contributed by atoms with Gasteiger partial charge in [-0.2, -0.15) is 0 Å². The summed E-state index contributed by atoms with van der Waals surface area (Å²) in [5, 5.41) is 0. The Morgan fingerprint density at radius 2 is 1.58 bits per heavy atom. The van der Waals surface area contributed by atoms with E-state index in [4.69, 9.17) is 0 Å². The third-order valence-electron chi connectivity index (χ3n) is 3.49. The Labute approximate surface area is 115 Å². The molecule has 0 aromatic heterocycles. The van der Waals surface area contributed by atoms with Crippen molar-refractivity contribution in [1.82, 2.24) is 9.80 Å². The largest absolute Gasteiger partial charge is 0.300 e. The van der Waals surface area contributed by atoms with Crippen molar-refractivity contribution in [2.45, 2.75) is 6.54 Å². The molecule has 1 heterocycles. The Morgan fingerprint density at radius 1 is 1.00 bits per heavy atom. The van der Waals surface area contributed by atoms with Crippen LogP contribution in [0.25, 0.3) is 0 Å². The van der Waals surface area contributed by atoms with Gasteiger partial charge in [0.25, 0.3) is 0 Å². The average molecular weight is 282 g/mol. The zero-order valence-electron chi connectivity index (χ0n) is 11.5. The molecule has 0 amide bonds. The van der Waals surface area contributed by atoms with E-state index in [1.54, 1.807) is 0 Å². The third kappa shape index (κ3) is 5.30. The molecule has 1 aliphatic rings. The van der Waals surface area contributed by atoms with Crippen molar-refractivity contribution < 1.29 is 8.42 Å². The average Bonchev–Trinajstić information content (AvgIpc) is 2.38. The van der Waals surface area contributed by atoms with Crippen molar-refractivity contribution in [3.8, 4) is 0 Å². The van der Waals surface area contributed by atoms with Crippen molar-refractivity contribution >= 4 is 9.84 Å². The van der Waals surface area contributed by atoms with Gasteiger partial charge in [-0.15, -0.1) is 0 Å². The number of piperazine rings is 1. The summed E-state index contributed by atoms with van der Waals surface area (Å²) < 4.78 is 22.3. The van der Waals surface area contributed by atoms with Crippen LogP contribution in [-0.4, -0.2) is 63.0 Å². The van der Waals surface area contributed by atoms with Crippen LogP contribution in [0.5, 0.6) is 0 Å². The van der Waals surface area contributed by atoms with Crippen molar-refractivity contribution in [2.24, 2.45) is 0 Å². The maximum atomic E-state index is 11.1. The summed E-state index contributed by atoms with van der Waals surface area (Å²) in [6.07, 6.45) is 1.30. The molecule has 0 atom stereocenters. The van der Waals surface area contributed by atoms with Gasteiger partial charge in [-0.25, -0.2) is 8.42 Å². The highest BCUT2D eigenvalue weighted by molar-refractivity contribution is 7.90. The van der Waals surface area contributed by atoms with Crippen LogP contribution in [0.3, 0.4) is 0 Å². The molecule has 0 saturated carbocycles. The van der Waals surface area contributed by atoms with E-state index in [9.17, 15) is 8.42 Å². The van der Waals surface area contributed by atoms with E-state index in [-0.39, 0.29) is 5.75 Å². The van der Waals surface area contributed by atoms with Crippen LogP contribution in [0.1, 0.15) is 5.56 Å². The molecule has 0 radical (unpaired) electrons. The van der Waals surface area contributed by atoms with Crippen molar-refractivity contribution in [3.05, 3.63) is 35.9 Å². The predicted octanol–water partition coefficient (Wildman–Crippen LogP) is 0.849. The lowest BCUT2D eigenvalue weighted by molar-refractivity contribution is 0.132. The van der Waals surface area contributed by atoms with Crippen LogP contribution in [0.15, 0.2) is 30.3 Å². The zero-order chi connectivity index (χ0) is 13.7. The van der Waals surface area contributed by atoms with E-state index >= 15 is 0 Å². The molecule has 5 heteroatoms. The fraction of sp³-hybridized carbons (Fsp3) is 0.571. The second-order valence-corrected chi connectivity index (χ2v) is 7.49. The second kappa shape index (κ2) is 6.50. The Morgan fingerprint density at radius 3 is 2.16 bits per heavy atom. The van der Waals surface area contributed by atoms with Crippen LogP contribution in [-0.2, 0) is 16.4 Å². The number of hydrogen-bond donors (Lipinski definition) is 0. The fourth-order valence-electron chi connectivity index (χ4n) is 2.31. The van der Waals surface area contributed by atoms with Gasteiger partial charge in [0.1, 0.15) is 9.84 Å². The van der Waals surface area contributed by atoms with Gasteiger partial charge < -0.3 is 0 Å². The molecular formula is C14H22N2O2S. The topological polar surface area (TPSA) is 40.6 Å². The number of benzene rings is 1. The van der Waals surface area contributed by atoms with Crippen LogP contribution in [0, 0.1) is 0 Å². The van der Waals surface area contributed by atoms with Gasteiger partial charge in [0.05, 0.1) is 5.75 Å². The highest BCUT2D eigenvalue weighted by atomic mass is 32.2. The van der Waals surface area contributed by atoms with E-state index in [1.807, 2.05) is 6.07 Å². The molecule has 1 aromatic carbocycles. The fourth-order valence-corrected chi connectivity index (χ4v) is 2.90. The predicted molar refractivity (Wildman–Crippen MR) is 77.9 cm³/mol. The molecule has 1 aliphatic heterocycles. The van der Waals surface area contributed by atoms with E-state index in [2.05, 4.69) is 34.1 Å². The molecular weight excluding hydrogens is 260 g/mol. The van der Waals surface area contributed by atoms with Crippen molar-refractivity contribution in [3.63, 3.8) is 0 Å². The molecule has 1 saturated heterocycles. The first-order valence-corrected chi connectivity index (χ1v) is 8.75. The summed E-state index contributed by atoms with van der Waals surface area (Å²) in [6.45, 7) is 5.60. The molecule has 4 nitrogen and oxygen atoms in total. The van der Waals surface area contributed by atoms with Crippen LogP contribution in [0.4, 0.5) is 0 Å². The summed E-state index contributed by atoms with van der Waals surface area (Å²) in [6, 6.07) is 10.5. The molecule has 0 unspecified atom stereocenters. The van der Waals surface area contributed by atoms with E-state index < -0.39 is 9.84 Å². The summed E-state index contributed by atoms with van der Waals surface area (Å²) in [5.41, 5.74) is 1.34. The Balaban J connectivity index is 1.74. The molecule has 106 valence electrons. The van der Waals surface area contributed by atoms with Crippen LogP contribution >= 0.6 is 0 Å². The molecule has 2 rings (SSSR count). The van der Waals surface area contributed by atoms with Gasteiger partial charge in [-0.05, 0) is 5.56 Å².